The number of hydrogen-bond donors (Lipinski definition) is 2. The third-order valence-electron chi connectivity index (χ3n) is 7.96. The number of benzene rings is 5. The van der Waals surface area contributed by atoms with Gasteiger partial charge in [-0.2, -0.15) is 12.6 Å². The minimum atomic E-state index is 0.428. The van der Waals surface area contributed by atoms with Crippen molar-refractivity contribution in [3.05, 3.63) is 102 Å². The molecule has 0 aliphatic carbocycles. The third-order valence-corrected chi connectivity index (χ3v) is 8.32. The number of anilines is 2. The van der Waals surface area contributed by atoms with Gasteiger partial charge in [0.2, 0.25) is 0 Å². The first-order valence-electron chi connectivity index (χ1n) is 14.4. The van der Waals surface area contributed by atoms with Crippen LogP contribution in [0.5, 0.6) is 17.2 Å². The fourth-order valence-corrected chi connectivity index (χ4v) is 5.91. The Hall–Kier alpha value is -4.33. The van der Waals surface area contributed by atoms with Crippen LogP contribution in [0.3, 0.4) is 0 Å². The van der Waals surface area contributed by atoms with Crippen LogP contribution in [0.1, 0.15) is 11.1 Å². The molecule has 0 spiro atoms. The first kappa shape index (κ1) is 28.8. The van der Waals surface area contributed by atoms with Crippen LogP contribution < -0.4 is 24.8 Å². The van der Waals surface area contributed by atoms with Gasteiger partial charge in [0.15, 0.2) is 0 Å². The molecule has 0 amide bonds. The molecule has 2 N–H and O–H groups in total. The van der Waals surface area contributed by atoms with E-state index in [1.807, 2.05) is 36.4 Å². The van der Waals surface area contributed by atoms with Gasteiger partial charge >= 0.3 is 0 Å². The van der Waals surface area contributed by atoms with Gasteiger partial charge < -0.3 is 29.6 Å². The van der Waals surface area contributed by atoms with E-state index in [1.54, 1.807) is 14.2 Å². The highest BCUT2D eigenvalue weighted by molar-refractivity contribution is 7.79. The molecule has 7 heteroatoms. The first-order valence-corrected chi connectivity index (χ1v) is 15.0. The molecule has 0 bridgehead atoms. The lowest BCUT2D eigenvalue weighted by Gasteiger charge is -2.32. The number of nitrogens with zero attached hydrogens (tertiary/aromatic N) is 1. The van der Waals surface area contributed by atoms with Gasteiger partial charge in [0.25, 0.3) is 0 Å². The predicted octanol–water partition coefficient (Wildman–Crippen LogP) is 7.62. The molecule has 1 aliphatic rings. The Kier molecular flexibility index (Phi) is 8.63. The summed E-state index contributed by atoms with van der Waals surface area (Å²) < 4.78 is 23.6. The van der Waals surface area contributed by atoms with Gasteiger partial charge in [0, 0.05) is 64.4 Å². The summed E-state index contributed by atoms with van der Waals surface area (Å²) in [6, 6.07) is 31.0. The minimum Gasteiger partial charge on any atom is -0.497 e. The van der Waals surface area contributed by atoms with Crippen LogP contribution in [0.2, 0.25) is 0 Å². The molecule has 1 fully saturated rings. The molecule has 1 aliphatic heterocycles. The van der Waals surface area contributed by atoms with Gasteiger partial charge in [-0.3, -0.25) is 0 Å². The zero-order valence-electron chi connectivity index (χ0n) is 24.5. The smallest absolute Gasteiger partial charge is 0.130 e. The molecule has 6 rings (SSSR count). The summed E-state index contributed by atoms with van der Waals surface area (Å²) in [6.45, 7) is 3.32. The van der Waals surface area contributed by atoms with Crippen LogP contribution in [-0.4, -0.2) is 40.5 Å². The van der Waals surface area contributed by atoms with E-state index in [-0.39, 0.29) is 0 Å². The molecule has 5 aromatic carbocycles. The Labute approximate surface area is 258 Å². The van der Waals surface area contributed by atoms with Crippen molar-refractivity contribution >= 4 is 34.8 Å². The van der Waals surface area contributed by atoms with Crippen molar-refractivity contribution in [2.45, 2.75) is 12.4 Å². The molecule has 0 unspecified atom stereocenters. The average molecular weight is 593 g/mol. The van der Waals surface area contributed by atoms with Crippen molar-refractivity contribution in [1.82, 2.24) is 0 Å². The zero-order chi connectivity index (χ0) is 29.8. The molecule has 1 saturated heterocycles. The molecule has 220 valence electrons. The van der Waals surface area contributed by atoms with E-state index in [1.165, 1.54) is 0 Å². The van der Waals surface area contributed by atoms with Gasteiger partial charge in [-0.15, -0.1) is 0 Å². The SMILES string of the molecule is COc1ccc(-c2cc3c(OCc4ccccc4)cc(N)c(-c4ccc(CS)cc4)c3cc2N2CCOCC2)c(OC)c1. The van der Waals surface area contributed by atoms with Gasteiger partial charge in [-0.25, -0.2) is 0 Å². The second kappa shape index (κ2) is 12.9. The lowest BCUT2D eigenvalue weighted by atomic mass is 9.91. The lowest BCUT2D eigenvalue weighted by molar-refractivity contribution is 0.123. The molecular weight excluding hydrogens is 556 g/mol. The van der Waals surface area contributed by atoms with Gasteiger partial charge in [0.1, 0.15) is 23.9 Å². The molecule has 0 aromatic heterocycles. The normalized spacial score (nSPS) is 13.2. The van der Waals surface area contributed by atoms with Crippen molar-refractivity contribution in [1.29, 1.82) is 0 Å². The summed E-state index contributed by atoms with van der Waals surface area (Å²) in [5.74, 6) is 2.88. The van der Waals surface area contributed by atoms with Crippen molar-refractivity contribution in [3.8, 4) is 39.5 Å². The summed E-state index contributed by atoms with van der Waals surface area (Å²) in [7, 11) is 3.35. The predicted molar refractivity (Wildman–Crippen MR) is 179 cm³/mol. The summed E-state index contributed by atoms with van der Waals surface area (Å²) in [5, 5.41) is 2.00. The standard InChI is InChI=1S/C36H36N2O4S/c1-39-27-12-13-28(34(18-27)40-2)29-19-30-31(20-33(29)38-14-16-41-17-15-38)36(26-10-8-25(23-43)9-11-26)32(37)21-35(30)42-22-24-6-4-3-5-7-24/h3-13,18-21,43H,14-17,22-23,37H2,1-2H3. The van der Waals surface area contributed by atoms with E-state index >= 15 is 0 Å². The molecule has 1 heterocycles. The van der Waals surface area contributed by atoms with Crippen LogP contribution in [0.15, 0.2) is 91.0 Å². The number of nitrogen functional groups attached to an aromatic ring is 1. The van der Waals surface area contributed by atoms with Crippen molar-refractivity contribution in [3.63, 3.8) is 0 Å². The number of morpholine rings is 1. The topological polar surface area (TPSA) is 66.2 Å². The van der Waals surface area contributed by atoms with E-state index in [4.69, 9.17) is 24.7 Å². The quantitative estimate of drug-likeness (QED) is 0.136. The molecule has 0 atom stereocenters. The lowest BCUT2D eigenvalue weighted by Crippen LogP contribution is -2.36. The van der Waals surface area contributed by atoms with E-state index in [9.17, 15) is 0 Å². The Bertz CT molecular complexity index is 1720. The molecule has 5 aromatic rings. The summed E-state index contributed by atoms with van der Waals surface area (Å²) in [5.41, 5.74) is 14.9. The molecule has 6 nitrogen and oxygen atoms in total. The van der Waals surface area contributed by atoms with Crippen LogP contribution in [0.4, 0.5) is 11.4 Å². The number of nitrogens with two attached hydrogens (primary N) is 1. The largest absolute Gasteiger partial charge is 0.497 e. The number of fused-ring (bicyclic) bond motifs is 1. The van der Waals surface area contributed by atoms with Crippen LogP contribution in [-0.2, 0) is 17.1 Å². The van der Waals surface area contributed by atoms with Gasteiger partial charge in [-0.05, 0) is 46.3 Å². The molecule has 0 saturated carbocycles. The fraction of sp³-hybridized carbons (Fsp3) is 0.222. The fourth-order valence-electron chi connectivity index (χ4n) is 5.70. The first-order chi connectivity index (χ1) is 21.1. The summed E-state index contributed by atoms with van der Waals surface area (Å²) >= 11 is 4.45. The maximum absolute atomic E-state index is 6.85. The monoisotopic (exact) mass is 592 g/mol. The second-order valence-corrected chi connectivity index (χ2v) is 10.9. The van der Waals surface area contributed by atoms with Crippen molar-refractivity contribution in [2.24, 2.45) is 0 Å². The number of ether oxygens (including phenoxy) is 4. The second-order valence-electron chi connectivity index (χ2n) is 10.5. The average Bonchev–Trinajstić information content (AvgIpc) is 3.07. The van der Waals surface area contributed by atoms with Crippen LogP contribution in [0.25, 0.3) is 33.0 Å². The Morgan fingerprint density at radius 1 is 0.767 bits per heavy atom. The van der Waals surface area contributed by atoms with Crippen molar-refractivity contribution < 1.29 is 18.9 Å². The summed E-state index contributed by atoms with van der Waals surface area (Å²) in [6.07, 6.45) is 0. The van der Waals surface area contributed by atoms with Gasteiger partial charge in [0.05, 0.1) is 27.4 Å². The van der Waals surface area contributed by atoms with Crippen LogP contribution in [0, 0.1) is 0 Å². The molecule has 0 radical (unpaired) electrons. The highest BCUT2D eigenvalue weighted by Gasteiger charge is 2.23. The number of rotatable bonds is 9. The minimum absolute atomic E-state index is 0.428. The maximum atomic E-state index is 6.85. The van der Waals surface area contributed by atoms with Crippen LogP contribution >= 0.6 is 12.6 Å². The third kappa shape index (κ3) is 5.96. The number of hydrogen-bond acceptors (Lipinski definition) is 7. The zero-order valence-corrected chi connectivity index (χ0v) is 25.4. The molecule has 43 heavy (non-hydrogen) atoms. The summed E-state index contributed by atoms with van der Waals surface area (Å²) in [4.78, 5) is 2.38. The van der Waals surface area contributed by atoms with E-state index < -0.39 is 0 Å². The molecular formula is C36H36N2O4S. The van der Waals surface area contributed by atoms with Crippen molar-refractivity contribution in [2.75, 3.05) is 51.2 Å². The number of methoxy groups -OCH3 is 2. The number of thiol groups is 1. The van der Waals surface area contributed by atoms with E-state index in [2.05, 4.69) is 72.1 Å². The van der Waals surface area contributed by atoms with E-state index in [0.29, 0.717) is 31.3 Å². The van der Waals surface area contributed by atoms with Gasteiger partial charge in [-0.1, -0.05) is 54.6 Å². The maximum Gasteiger partial charge on any atom is 0.130 e. The highest BCUT2D eigenvalue weighted by atomic mass is 32.1. The Morgan fingerprint density at radius 3 is 2.23 bits per heavy atom. The Morgan fingerprint density at radius 2 is 1.53 bits per heavy atom. The highest BCUT2D eigenvalue weighted by Crippen LogP contribution is 2.47. The van der Waals surface area contributed by atoms with E-state index in [0.717, 1.165) is 80.2 Å². The Balaban J connectivity index is 1.61.